The molecule has 0 saturated heterocycles. The molecule has 0 aromatic heterocycles. The third-order valence-electron chi connectivity index (χ3n) is 2.21. The predicted octanol–water partition coefficient (Wildman–Crippen LogP) is 1.09. The van der Waals surface area contributed by atoms with Gasteiger partial charge in [-0.1, -0.05) is 6.07 Å². The van der Waals surface area contributed by atoms with Gasteiger partial charge < -0.3 is 14.9 Å². The van der Waals surface area contributed by atoms with Crippen LogP contribution in [0.3, 0.4) is 0 Å². The van der Waals surface area contributed by atoms with Gasteiger partial charge in [-0.05, 0) is 6.07 Å². The van der Waals surface area contributed by atoms with Crippen molar-refractivity contribution in [3.05, 3.63) is 28.8 Å². The molecule has 1 unspecified atom stereocenters. The zero-order chi connectivity index (χ0) is 14.6. The van der Waals surface area contributed by atoms with Crippen molar-refractivity contribution in [2.24, 2.45) is 0 Å². The molecule has 100 valence electrons. The zero-order valence-corrected chi connectivity index (χ0v) is 9.21. The highest BCUT2D eigenvalue weighted by molar-refractivity contribution is 5.86. The Morgan fingerprint density at radius 3 is 2.53 bits per heavy atom. The van der Waals surface area contributed by atoms with Gasteiger partial charge in [-0.2, -0.15) is 14.0 Å². The molecular weight excluding hydrogens is 264 g/mol. The van der Waals surface area contributed by atoms with Crippen LogP contribution in [0.1, 0.15) is 27.6 Å². The van der Waals surface area contributed by atoms with E-state index in [1.165, 1.54) is 6.07 Å². The number of halogens is 2. The number of carbonyl (C=O) groups excluding carboxylic acids is 1. The van der Waals surface area contributed by atoms with E-state index in [9.17, 15) is 23.5 Å². The van der Waals surface area contributed by atoms with Crippen LogP contribution in [0.4, 0.5) is 8.78 Å². The first-order chi connectivity index (χ1) is 8.92. The first-order valence-corrected chi connectivity index (χ1v) is 4.80. The highest BCUT2D eigenvalue weighted by atomic mass is 19.3. The molecule has 0 aliphatic heterocycles. The second-order valence-corrected chi connectivity index (χ2v) is 3.29. The second kappa shape index (κ2) is 5.88. The highest BCUT2D eigenvalue weighted by Gasteiger charge is 2.24. The van der Waals surface area contributed by atoms with E-state index in [2.05, 4.69) is 4.74 Å². The molecule has 0 aliphatic carbocycles. The van der Waals surface area contributed by atoms with Crippen molar-refractivity contribution in [3.8, 4) is 11.8 Å². The van der Waals surface area contributed by atoms with Crippen LogP contribution in [0.2, 0.25) is 0 Å². The number of nitriles is 1. The molecule has 8 heteroatoms. The molecule has 0 amide bonds. The number of carboxylic acids is 1. The summed E-state index contributed by atoms with van der Waals surface area (Å²) in [7, 11) is 0. The topological polar surface area (TPSA) is 108 Å². The first-order valence-electron chi connectivity index (χ1n) is 4.80. The number of rotatable bonds is 5. The number of ether oxygens (including phenoxy) is 1. The van der Waals surface area contributed by atoms with Gasteiger partial charge in [-0.25, -0.2) is 4.79 Å². The maximum absolute atomic E-state index is 12.1. The largest absolute Gasteiger partial charge is 0.479 e. The lowest BCUT2D eigenvalue weighted by Gasteiger charge is -2.13. The Labute approximate surface area is 105 Å². The smallest absolute Gasteiger partial charge is 0.387 e. The number of aliphatic hydroxyl groups excluding tert-OH is 1. The van der Waals surface area contributed by atoms with Crippen LogP contribution < -0.4 is 4.74 Å². The number of nitrogens with zero attached hydrogens (tertiary/aromatic N) is 1. The van der Waals surface area contributed by atoms with E-state index < -0.39 is 35.6 Å². The number of carboxylic acid groups (broad SMARTS) is 1. The molecule has 1 atom stereocenters. The van der Waals surface area contributed by atoms with Crippen molar-refractivity contribution >= 4 is 12.3 Å². The van der Waals surface area contributed by atoms with Crippen LogP contribution in [0.15, 0.2) is 12.1 Å². The number of aldehydes is 1. The van der Waals surface area contributed by atoms with Crippen molar-refractivity contribution < 1.29 is 33.3 Å². The third-order valence-corrected chi connectivity index (χ3v) is 2.21. The fourth-order valence-corrected chi connectivity index (χ4v) is 1.42. The summed E-state index contributed by atoms with van der Waals surface area (Å²) in [6.07, 6.45) is -1.97. The normalized spacial score (nSPS) is 11.7. The van der Waals surface area contributed by atoms with Crippen LogP contribution in [-0.4, -0.2) is 29.1 Å². The lowest BCUT2D eigenvalue weighted by Crippen LogP contribution is -2.14. The van der Waals surface area contributed by atoms with E-state index in [1.807, 2.05) is 0 Å². The van der Waals surface area contributed by atoms with Crippen LogP contribution >= 0.6 is 0 Å². The molecule has 19 heavy (non-hydrogen) atoms. The van der Waals surface area contributed by atoms with Crippen molar-refractivity contribution in [3.63, 3.8) is 0 Å². The molecule has 0 radical (unpaired) electrons. The lowest BCUT2D eigenvalue weighted by molar-refractivity contribution is -0.147. The summed E-state index contributed by atoms with van der Waals surface area (Å²) < 4.78 is 28.2. The van der Waals surface area contributed by atoms with Gasteiger partial charge in [-0.3, -0.25) is 4.79 Å². The van der Waals surface area contributed by atoms with Gasteiger partial charge >= 0.3 is 12.6 Å². The summed E-state index contributed by atoms with van der Waals surface area (Å²) in [6, 6.07) is 3.30. The summed E-state index contributed by atoms with van der Waals surface area (Å²) in [4.78, 5) is 21.5. The fourth-order valence-electron chi connectivity index (χ4n) is 1.42. The van der Waals surface area contributed by atoms with Crippen LogP contribution in [-0.2, 0) is 4.79 Å². The van der Waals surface area contributed by atoms with E-state index >= 15 is 0 Å². The maximum Gasteiger partial charge on any atom is 0.387 e. The maximum atomic E-state index is 12.1. The molecule has 1 aromatic rings. The molecule has 1 aromatic carbocycles. The number of hydrogen-bond acceptors (Lipinski definition) is 5. The summed E-state index contributed by atoms with van der Waals surface area (Å²) in [5, 5.41) is 26.8. The minimum absolute atomic E-state index is 0.0777. The van der Waals surface area contributed by atoms with Gasteiger partial charge in [-0.15, -0.1) is 0 Å². The number of carbonyl (C=O) groups is 2. The van der Waals surface area contributed by atoms with E-state index in [4.69, 9.17) is 10.4 Å². The number of aliphatic carboxylic acids is 1. The summed E-state index contributed by atoms with van der Waals surface area (Å²) in [6.45, 7) is -3.21. The molecule has 0 aliphatic rings. The standard InChI is InChI=1S/C11H7F2NO5/c12-11(13)19-8-2-1-5(9(16)10(17)18)6(3-14)7(8)4-15/h1-2,4,9,11,16H,(H,17,18). The van der Waals surface area contributed by atoms with E-state index in [1.54, 1.807) is 0 Å². The van der Waals surface area contributed by atoms with Crippen molar-refractivity contribution in [2.75, 3.05) is 0 Å². The SMILES string of the molecule is N#Cc1c(C(O)C(=O)O)ccc(OC(F)F)c1C=O. The minimum Gasteiger partial charge on any atom is -0.479 e. The fraction of sp³-hybridized carbons (Fsp3) is 0.182. The molecule has 1 rings (SSSR count). The number of alkyl halides is 2. The second-order valence-electron chi connectivity index (χ2n) is 3.29. The Hall–Kier alpha value is -2.53. The van der Waals surface area contributed by atoms with Gasteiger partial charge in [0, 0.05) is 5.56 Å². The number of benzene rings is 1. The predicted molar refractivity (Wildman–Crippen MR) is 55.8 cm³/mol. The summed E-state index contributed by atoms with van der Waals surface area (Å²) in [5.74, 6) is -2.21. The van der Waals surface area contributed by atoms with Crippen molar-refractivity contribution in [1.29, 1.82) is 5.26 Å². The Morgan fingerprint density at radius 2 is 2.11 bits per heavy atom. The van der Waals surface area contributed by atoms with E-state index in [-0.39, 0.29) is 11.8 Å². The van der Waals surface area contributed by atoms with E-state index in [0.29, 0.717) is 0 Å². The van der Waals surface area contributed by atoms with Crippen LogP contribution in [0.5, 0.6) is 5.75 Å². The molecule has 0 bridgehead atoms. The molecular formula is C11H7F2NO5. The van der Waals surface area contributed by atoms with Crippen LogP contribution in [0.25, 0.3) is 0 Å². The van der Waals surface area contributed by atoms with Gasteiger partial charge in [0.15, 0.2) is 12.4 Å². The summed E-state index contributed by atoms with van der Waals surface area (Å²) in [5.41, 5.74) is -1.44. The van der Waals surface area contributed by atoms with Crippen molar-refractivity contribution in [2.45, 2.75) is 12.7 Å². The number of hydrogen-bond donors (Lipinski definition) is 2. The van der Waals surface area contributed by atoms with Crippen molar-refractivity contribution in [1.82, 2.24) is 0 Å². The third kappa shape index (κ3) is 3.02. The average molecular weight is 271 g/mol. The Morgan fingerprint density at radius 1 is 1.47 bits per heavy atom. The first kappa shape index (κ1) is 14.5. The molecule has 6 nitrogen and oxygen atoms in total. The van der Waals surface area contributed by atoms with Gasteiger partial charge in [0.1, 0.15) is 11.8 Å². The molecule has 0 saturated carbocycles. The van der Waals surface area contributed by atoms with Gasteiger partial charge in [0.05, 0.1) is 11.1 Å². The van der Waals surface area contributed by atoms with Crippen LogP contribution in [0, 0.1) is 11.3 Å². The summed E-state index contributed by atoms with van der Waals surface area (Å²) >= 11 is 0. The minimum atomic E-state index is -3.21. The zero-order valence-electron chi connectivity index (χ0n) is 9.21. The Balaban J connectivity index is 3.43. The molecule has 0 fully saturated rings. The number of aliphatic hydroxyl groups is 1. The monoisotopic (exact) mass is 271 g/mol. The lowest BCUT2D eigenvalue weighted by atomic mass is 9.97. The highest BCUT2D eigenvalue weighted by Crippen LogP contribution is 2.28. The van der Waals surface area contributed by atoms with Gasteiger partial charge in [0.2, 0.25) is 0 Å². The quantitative estimate of drug-likeness (QED) is 0.776. The van der Waals surface area contributed by atoms with E-state index in [0.717, 1.165) is 12.1 Å². The van der Waals surface area contributed by atoms with Gasteiger partial charge in [0.25, 0.3) is 0 Å². The molecule has 0 heterocycles. The molecule has 2 N–H and O–H groups in total. The Kier molecular flexibility index (Phi) is 4.50. The molecule has 0 spiro atoms. The Bertz CT molecular complexity index is 553. The average Bonchev–Trinajstić information content (AvgIpc) is 2.36.